The lowest BCUT2D eigenvalue weighted by molar-refractivity contribution is -0.145. The summed E-state index contributed by atoms with van der Waals surface area (Å²) in [7, 11) is -1.23. The van der Waals surface area contributed by atoms with E-state index >= 15 is 0 Å². The van der Waals surface area contributed by atoms with Gasteiger partial charge in [-0.1, -0.05) is 129 Å². The zero-order valence-electron chi connectivity index (χ0n) is 37.8. The predicted octanol–water partition coefficient (Wildman–Crippen LogP) is 6.42. The molecule has 2 aliphatic rings. The Labute approximate surface area is 365 Å². The number of likely N-dealkylation sites (N-methyl/N-ethyl adjacent to an activating group) is 1. The van der Waals surface area contributed by atoms with Crippen LogP contribution in [0.1, 0.15) is 168 Å². The van der Waals surface area contributed by atoms with Crippen molar-refractivity contribution in [1.82, 2.24) is 25.8 Å². The van der Waals surface area contributed by atoms with Crippen LogP contribution < -0.4 is 26.2 Å². The number of hydrogen-bond acceptors (Lipinski definition) is 8. The van der Waals surface area contributed by atoms with Crippen LogP contribution in [-0.2, 0) is 35.0 Å². The van der Waals surface area contributed by atoms with Gasteiger partial charge in [0.15, 0.2) is 0 Å². The van der Waals surface area contributed by atoms with Crippen LogP contribution in [0.3, 0.4) is 0 Å². The number of nitrogens with zero attached hydrogens (tertiary/aromatic N) is 2. The third-order valence-electron chi connectivity index (χ3n) is 11.6. The molecule has 2 saturated heterocycles. The molecule has 1 unspecified atom stereocenters. The van der Waals surface area contributed by atoms with E-state index < -0.39 is 49.7 Å². The largest absolute Gasteiger partial charge is 0.524 e. The number of rotatable bonds is 27. The first-order valence-corrected chi connectivity index (χ1v) is 24.6. The maximum Gasteiger partial charge on any atom is 0.524 e. The zero-order chi connectivity index (χ0) is 45.2. The van der Waals surface area contributed by atoms with Crippen molar-refractivity contribution in [3.63, 3.8) is 0 Å². The summed E-state index contributed by atoms with van der Waals surface area (Å²) in [6.45, 7) is 7.13. The van der Waals surface area contributed by atoms with Gasteiger partial charge in [0.05, 0.1) is 6.04 Å². The Morgan fingerprint density at radius 3 is 1.92 bits per heavy atom. The molecule has 3 rings (SSSR count). The van der Waals surface area contributed by atoms with Crippen LogP contribution in [0.15, 0.2) is 24.3 Å². The molecule has 1 aromatic carbocycles. The van der Waals surface area contributed by atoms with E-state index in [2.05, 4.69) is 41.2 Å². The Balaban J connectivity index is 0.00000102. The van der Waals surface area contributed by atoms with Crippen molar-refractivity contribution in [3.05, 3.63) is 29.8 Å². The quantitative estimate of drug-likeness (QED) is 0.0421. The Morgan fingerprint density at radius 1 is 0.820 bits per heavy atom. The van der Waals surface area contributed by atoms with Gasteiger partial charge in [-0.05, 0) is 76.7 Å². The average Bonchev–Trinajstić information content (AvgIpc) is 3.63. The van der Waals surface area contributed by atoms with E-state index in [9.17, 15) is 28.5 Å². The van der Waals surface area contributed by atoms with E-state index in [0.717, 1.165) is 51.4 Å². The van der Waals surface area contributed by atoms with Crippen LogP contribution in [0.2, 0.25) is 0 Å². The van der Waals surface area contributed by atoms with Gasteiger partial charge < -0.3 is 31.1 Å². The molecule has 61 heavy (non-hydrogen) atoms. The monoisotopic (exact) mass is 879 g/mol. The molecule has 0 bridgehead atoms. The molecular weight excluding hydrogens is 800 g/mol. The molecule has 7 N–H and O–H groups in total. The number of fused-ring (bicyclic) bond motifs is 1. The number of benzene rings is 1. The predicted molar refractivity (Wildman–Crippen MR) is 239 cm³/mol. The lowest BCUT2D eigenvalue weighted by Crippen LogP contribution is -2.59. The molecule has 16 heteroatoms. The van der Waals surface area contributed by atoms with Crippen LogP contribution in [0, 0.1) is 0 Å². The zero-order valence-corrected chi connectivity index (χ0v) is 38.7. The second-order valence-corrected chi connectivity index (χ2v) is 18.2. The Morgan fingerprint density at radius 2 is 1.38 bits per heavy atom. The summed E-state index contributed by atoms with van der Waals surface area (Å²) < 4.78 is 15.8. The summed E-state index contributed by atoms with van der Waals surface area (Å²) in [6, 6.07) is 2.51. The number of phosphoric acid groups is 1. The summed E-state index contributed by atoms with van der Waals surface area (Å²) >= 11 is 0. The molecular formula is C45H79N6O9P. The maximum atomic E-state index is 14.1. The minimum atomic E-state index is -4.71. The molecule has 1 aromatic rings. The van der Waals surface area contributed by atoms with E-state index in [1.165, 1.54) is 69.9 Å². The number of nitrogens with two attached hydrogens (primary N) is 1. The van der Waals surface area contributed by atoms with Crippen LogP contribution in [0.25, 0.3) is 0 Å². The topological polar surface area (TPSA) is 221 Å². The van der Waals surface area contributed by atoms with Gasteiger partial charge in [-0.25, -0.2) is 4.57 Å². The molecule has 0 aromatic heterocycles. The van der Waals surface area contributed by atoms with Crippen LogP contribution in [-0.4, -0.2) is 100.0 Å². The van der Waals surface area contributed by atoms with Crippen LogP contribution in [0.5, 0.6) is 5.75 Å². The molecule has 0 spiro atoms. The van der Waals surface area contributed by atoms with Crippen molar-refractivity contribution in [2.75, 3.05) is 20.6 Å². The smallest absolute Gasteiger partial charge is 0.404 e. The van der Waals surface area contributed by atoms with Crippen LogP contribution >= 0.6 is 7.82 Å². The Hall–Kier alpha value is -3.52. The normalized spacial score (nSPS) is 18.8. The van der Waals surface area contributed by atoms with Gasteiger partial charge in [0.25, 0.3) is 0 Å². The van der Waals surface area contributed by atoms with E-state index in [1.54, 1.807) is 36.0 Å². The SMILES string of the molecule is CCCCCCCCCCC.CCCCCCCNC(=O)[C@H](CCC(N)=O)NC(=O)[C@@H]1CCC2CCCC[C@H](NC(=O)[C@H](Cc3ccc(OP(=O)(O)O)cc3)N(C)C)C(=O)N21. The summed E-state index contributed by atoms with van der Waals surface area (Å²) in [6.07, 6.45) is 21.9. The molecule has 2 fully saturated rings. The molecule has 2 aliphatic heterocycles. The summed E-state index contributed by atoms with van der Waals surface area (Å²) in [5.74, 6) is -2.19. The minimum absolute atomic E-state index is 0.00978. The first kappa shape index (κ1) is 53.6. The molecule has 0 saturated carbocycles. The van der Waals surface area contributed by atoms with Gasteiger partial charge in [0.2, 0.25) is 29.5 Å². The van der Waals surface area contributed by atoms with E-state index in [4.69, 9.17) is 15.5 Å². The highest BCUT2D eigenvalue weighted by Crippen LogP contribution is 2.37. The lowest BCUT2D eigenvalue weighted by Gasteiger charge is -2.36. The van der Waals surface area contributed by atoms with Gasteiger partial charge >= 0.3 is 7.82 Å². The third kappa shape index (κ3) is 21.4. The minimum Gasteiger partial charge on any atom is -0.404 e. The highest BCUT2D eigenvalue weighted by molar-refractivity contribution is 7.46. The number of carbonyl (C=O) groups excluding carboxylic acids is 5. The van der Waals surface area contributed by atoms with Crippen molar-refractivity contribution in [3.8, 4) is 5.75 Å². The number of carbonyl (C=O) groups is 5. The Bertz CT molecular complexity index is 1500. The van der Waals surface area contributed by atoms with Crippen molar-refractivity contribution >= 4 is 37.4 Å². The van der Waals surface area contributed by atoms with Crippen molar-refractivity contribution < 1.29 is 42.8 Å². The fraction of sp³-hybridized carbons (Fsp3) is 0.756. The standard InChI is InChI=1S/C34H55N6O9P.C11H24/c1-4-5-6-7-10-21-36-31(42)26(18-20-30(35)41)37-32(43)28-19-15-24-11-8-9-12-27(34(45)40(24)28)38-33(44)29(39(2)3)22-23-13-16-25(17-14-23)49-50(46,47)48;1-3-5-7-9-11-10-8-6-4-2/h13-14,16-17,24,26-29H,4-12,15,18-22H2,1-3H3,(H2,35,41)(H,36,42)(H,37,43)(H,38,44)(H2,46,47,48);3-11H2,1-2H3/t24?,26-,27-,28-,29-;/m0./s1. The Kier molecular flexibility index (Phi) is 26.1. The van der Waals surface area contributed by atoms with E-state index in [0.29, 0.717) is 31.4 Å². The number of phosphoric ester groups is 1. The maximum absolute atomic E-state index is 14.1. The first-order valence-electron chi connectivity index (χ1n) is 23.1. The molecule has 0 aliphatic carbocycles. The van der Waals surface area contributed by atoms with Gasteiger partial charge in [-0.15, -0.1) is 0 Å². The number of nitrogens with one attached hydrogen (secondary N) is 3. The lowest BCUT2D eigenvalue weighted by atomic mass is 9.98. The molecule has 5 amide bonds. The number of amides is 5. The highest BCUT2D eigenvalue weighted by atomic mass is 31.2. The molecule has 2 heterocycles. The van der Waals surface area contributed by atoms with Crippen molar-refractivity contribution in [1.29, 1.82) is 0 Å². The molecule has 0 radical (unpaired) electrons. The molecule has 348 valence electrons. The number of hydrogen-bond donors (Lipinski definition) is 6. The summed E-state index contributed by atoms with van der Waals surface area (Å²) in [5, 5.41) is 8.60. The van der Waals surface area contributed by atoms with E-state index in [1.807, 2.05) is 0 Å². The van der Waals surface area contributed by atoms with Crippen LogP contribution in [0.4, 0.5) is 0 Å². The highest BCUT2D eigenvalue weighted by Gasteiger charge is 2.45. The van der Waals surface area contributed by atoms with E-state index in [-0.39, 0.29) is 42.9 Å². The van der Waals surface area contributed by atoms with Gasteiger partial charge in [-0.2, -0.15) is 0 Å². The van der Waals surface area contributed by atoms with Crippen molar-refractivity contribution in [2.45, 2.75) is 199 Å². The average molecular weight is 879 g/mol. The van der Waals surface area contributed by atoms with Gasteiger partial charge in [0, 0.05) is 19.0 Å². The van der Waals surface area contributed by atoms with Gasteiger partial charge in [0.1, 0.15) is 23.9 Å². The fourth-order valence-corrected chi connectivity index (χ4v) is 8.41. The summed E-state index contributed by atoms with van der Waals surface area (Å²) in [4.78, 5) is 87.6. The number of primary amides is 1. The number of unbranched alkanes of at least 4 members (excludes halogenated alkanes) is 12. The molecule has 15 nitrogen and oxygen atoms in total. The first-order chi connectivity index (χ1) is 29.1. The van der Waals surface area contributed by atoms with Gasteiger partial charge in [-0.3, -0.25) is 38.7 Å². The second-order valence-electron chi connectivity index (χ2n) is 17.0. The summed E-state index contributed by atoms with van der Waals surface area (Å²) in [5.41, 5.74) is 6.07. The third-order valence-corrected chi connectivity index (χ3v) is 12.0. The molecule has 5 atom stereocenters. The fourth-order valence-electron chi connectivity index (χ4n) is 8.02. The van der Waals surface area contributed by atoms with Crippen molar-refractivity contribution in [2.24, 2.45) is 5.73 Å². The second kappa shape index (κ2) is 29.7.